The Balaban J connectivity index is 2.00. The van der Waals surface area contributed by atoms with E-state index in [-0.39, 0.29) is 12.6 Å². The lowest BCUT2D eigenvalue weighted by molar-refractivity contribution is 0.108. The van der Waals surface area contributed by atoms with E-state index in [1.54, 1.807) is 13.2 Å². The maximum Gasteiger partial charge on any atom is 0.119 e. The SMILES string of the molecule is COc1cccc(C(O)COc2cccc([C@@H](C)N)c2)c1. The molecule has 2 aromatic carbocycles. The molecule has 3 N–H and O–H groups in total. The van der Waals surface area contributed by atoms with Crippen LogP contribution in [0.4, 0.5) is 0 Å². The largest absolute Gasteiger partial charge is 0.497 e. The highest BCUT2D eigenvalue weighted by Gasteiger charge is 2.10. The molecule has 0 radical (unpaired) electrons. The zero-order valence-corrected chi connectivity index (χ0v) is 12.3. The molecule has 0 saturated heterocycles. The second-order valence-electron chi connectivity index (χ2n) is 4.96. The topological polar surface area (TPSA) is 64.7 Å². The first-order valence-electron chi connectivity index (χ1n) is 6.90. The van der Waals surface area contributed by atoms with Crippen molar-refractivity contribution in [3.63, 3.8) is 0 Å². The summed E-state index contributed by atoms with van der Waals surface area (Å²) in [5, 5.41) is 10.2. The third-order valence-electron chi connectivity index (χ3n) is 3.27. The minimum absolute atomic E-state index is 0.0446. The van der Waals surface area contributed by atoms with E-state index in [9.17, 15) is 5.11 Å². The van der Waals surface area contributed by atoms with Crippen molar-refractivity contribution in [3.8, 4) is 11.5 Å². The van der Waals surface area contributed by atoms with Gasteiger partial charge in [-0.15, -0.1) is 0 Å². The van der Waals surface area contributed by atoms with Crippen molar-refractivity contribution in [2.75, 3.05) is 13.7 Å². The lowest BCUT2D eigenvalue weighted by Crippen LogP contribution is -2.10. The Bertz CT molecular complexity index is 584. The molecule has 1 unspecified atom stereocenters. The van der Waals surface area contributed by atoms with Gasteiger partial charge in [0, 0.05) is 6.04 Å². The molecule has 112 valence electrons. The Morgan fingerprint density at radius 1 is 1.05 bits per heavy atom. The monoisotopic (exact) mass is 287 g/mol. The van der Waals surface area contributed by atoms with E-state index in [2.05, 4.69) is 0 Å². The summed E-state index contributed by atoms with van der Waals surface area (Å²) in [4.78, 5) is 0. The van der Waals surface area contributed by atoms with E-state index < -0.39 is 6.10 Å². The van der Waals surface area contributed by atoms with Crippen molar-refractivity contribution in [2.24, 2.45) is 5.73 Å². The molecule has 2 aromatic rings. The van der Waals surface area contributed by atoms with Gasteiger partial charge in [-0.2, -0.15) is 0 Å². The summed E-state index contributed by atoms with van der Waals surface area (Å²) in [6, 6.07) is 14.9. The lowest BCUT2D eigenvalue weighted by Gasteiger charge is -2.14. The van der Waals surface area contributed by atoms with E-state index in [0.29, 0.717) is 11.5 Å². The summed E-state index contributed by atoms with van der Waals surface area (Å²) >= 11 is 0. The molecule has 0 aliphatic carbocycles. The quantitative estimate of drug-likeness (QED) is 0.857. The van der Waals surface area contributed by atoms with Gasteiger partial charge in [-0.05, 0) is 42.3 Å². The summed E-state index contributed by atoms with van der Waals surface area (Å²) in [6.07, 6.45) is -0.709. The molecule has 21 heavy (non-hydrogen) atoms. The molecule has 0 spiro atoms. The summed E-state index contributed by atoms with van der Waals surface area (Å²) in [7, 11) is 1.60. The molecule has 0 aromatic heterocycles. The Morgan fingerprint density at radius 2 is 1.67 bits per heavy atom. The average Bonchev–Trinajstić information content (AvgIpc) is 2.53. The third kappa shape index (κ3) is 4.21. The van der Waals surface area contributed by atoms with Gasteiger partial charge in [-0.3, -0.25) is 0 Å². The van der Waals surface area contributed by atoms with Gasteiger partial charge in [0.2, 0.25) is 0 Å². The summed E-state index contributed by atoms with van der Waals surface area (Å²) in [6.45, 7) is 2.10. The van der Waals surface area contributed by atoms with Crippen LogP contribution >= 0.6 is 0 Å². The van der Waals surface area contributed by atoms with Crippen LogP contribution < -0.4 is 15.2 Å². The Morgan fingerprint density at radius 3 is 2.33 bits per heavy atom. The van der Waals surface area contributed by atoms with Gasteiger partial charge in [-0.25, -0.2) is 0 Å². The van der Waals surface area contributed by atoms with Gasteiger partial charge >= 0.3 is 0 Å². The number of hydrogen-bond donors (Lipinski definition) is 2. The van der Waals surface area contributed by atoms with Crippen molar-refractivity contribution in [1.82, 2.24) is 0 Å². The van der Waals surface area contributed by atoms with Crippen LogP contribution in [-0.2, 0) is 0 Å². The van der Waals surface area contributed by atoms with Gasteiger partial charge in [0.1, 0.15) is 24.2 Å². The fourth-order valence-corrected chi connectivity index (χ4v) is 2.01. The molecule has 0 heterocycles. The van der Waals surface area contributed by atoms with Crippen LogP contribution in [0.2, 0.25) is 0 Å². The second kappa shape index (κ2) is 7.11. The number of aliphatic hydroxyl groups excluding tert-OH is 1. The maximum absolute atomic E-state index is 10.2. The van der Waals surface area contributed by atoms with Crippen LogP contribution in [0.3, 0.4) is 0 Å². The highest BCUT2D eigenvalue weighted by atomic mass is 16.5. The number of rotatable bonds is 6. The molecular weight excluding hydrogens is 266 g/mol. The Kier molecular flexibility index (Phi) is 5.20. The van der Waals surface area contributed by atoms with Crippen molar-refractivity contribution < 1.29 is 14.6 Å². The normalized spacial score (nSPS) is 13.5. The molecule has 0 saturated carbocycles. The molecule has 0 aliphatic rings. The Labute approximate surface area is 125 Å². The third-order valence-corrected chi connectivity index (χ3v) is 3.27. The molecule has 0 amide bonds. The number of methoxy groups -OCH3 is 1. The molecule has 0 fully saturated rings. The van der Waals surface area contributed by atoms with Crippen molar-refractivity contribution in [2.45, 2.75) is 19.1 Å². The molecule has 2 rings (SSSR count). The highest BCUT2D eigenvalue weighted by molar-refractivity contribution is 5.31. The second-order valence-corrected chi connectivity index (χ2v) is 4.96. The number of nitrogens with two attached hydrogens (primary N) is 1. The molecule has 4 heteroatoms. The molecular formula is C17H21NO3. The smallest absolute Gasteiger partial charge is 0.119 e. The summed E-state index contributed by atoms with van der Waals surface area (Å²) < 4.78 is 10.8. The summed E-state index contributed by atoms with van der Waals surface area (Å²) in [5.74, 6) is 1.41. The summed E-state index contributed by atoms with van der Waals surface area (Å²) in [5.41, 5.74) is 7.61. The number of ether oxygens (including phenoxy) is 2. The predicted molar refractivity (Wildman–Crippen MR) is 82.5 cm³/mol. The first kappa shape index (κ1) is 15.4. The van der Waals surface area contributed by atoms with E-state index in [1.165, 1.54) is 0 Å². The fraction of sp³-hybridized carbons (Fsp3) is 0.294. The minimum Gasteiger partial charge on any atom is -0.497 e. The predicted octanol–water partition coefficient (Wildman–Crippen LogP) is 2.83. The van der Waals surface area contributed by atoms with Crippen LogP contribution in [0.15, 0.2) is 48.5 Å². The van der Waals surface area contributed by atoms with Crippen LogP contribution in [0.1, 0.15) is 30.2 Å². The first-order chi connectivity index (χ1) is 10.1. The molecule has 4 nitrogen and oxygen atoms in total. The van der Waals surface area contributed by atoms with Crippen LogP contribution in [0.25, 0.3) is 0 Å². The molecule has 2 atom stereocenters. The lowest BCUT2D eigenvalue weighted by atomic mass is 10.1. The van der Waals surface area contributed by atoms with Gasteiger partial charge in [0.15, 0.2) is 0 Å². The number of aliphatic hydroxyl groups is 1. The standard InChI is InChI=1S/C17H21NO3/c1-12(18)13-5-3-8-16(9-13)21-11-17(19)14-6-4-7-15(10-14)20-2/h3-10,12,17,19H,11,18H2,1-2H3/t12-,17?/m1/s1. The average molecular weight is 287 g/mol. The van der Waals surface area contributed by atoms with E-state index >= 15 is 0 Å². The van der Waals surface area contributed by atoms with Crippen molar-refractivity contribution >= 4 is 0 Å². The number of benzene rings is 2. The van der Waals surface area contributed by atoms with Gasteiger partial charge < -0.3 is 20.3 Å². The zero-order chi connectivity index (χ0) is 15.2. The highest BCUT2D eigenvalue weighted by Crippen LogP contribution is 2.22. The number of hydrogen-bond acceptors (Lipinski definition) is 4. The molecule has 0 aliphatic heterocycles. The van der Waals surface area contributed by atoms with E-state index in [0.717, 1.165) is 11.1 Å². The first-order valence-corrected chi connectivity index (χ1v) is 6.90. The van der Waals surface area contributed by atoms with Crippen LogP contribution in [0.5, 0.6) is 11.5 Å². The zero-order valence-electron chi connectivity index (χ0n) is 12.3. The van der Waals surface area contributed by atoms with Crippen LogP contribution in [0, 0.1) is 0 Å². The Hall–Kier alpha value is -2.04. The van der Waals surface area contributed by atoms with E-state index in [4.69, 9.17) is 15.2 Å². The van der Waals surface area contributed by atoms with Gasteiger partial charge in [0.25, 0.3) is 0 Å². The van der Waals surface area contributed by atoms with Gasteiger partial charge in [-0.1, -0.05) is 24.3 Å². The van der Waals surface area contributed by atoms with Crippen molar-refractivity contribution in [3.05, 3.63) is 59.7 Å². The molecule has 0 bridgehead atoms. The van der Waals surface area contributed by atoms with Gasteiger partial charge in [0.05, 0.1) is 7.11 Å². The van der Waals surface area contributed by atoms with Crippen molar-refractivity contribution in [1.29, 1.82) is 0 Å². The minimum atomic E-state index is -0.709. The maximum atomic E-state index is 10.2. The van der Waals surface area contributed by atoms with Crippen LogP contribution in [-0.4, -0.2) is 18.8 Å². The fourth-order valence-electron chi connectivity index (χ4n) is 2.01. The van der Waals surface area contributed by atoms with E-state index in [1.807, 2.05) is 49.4 Å².